The maximum Gasteiger partial charge on any atom is 0.416 e. The number of nitriles is 1. The number of anilines is 1. The molecule has 3 nitrogen and oxygen atoms in total. The van der Waals surface area contributed by atoms with E-state index < -0.39 is 17.6 Å². The highest BCUT2D eigenvalue weighted by atomic mass is 19.4. The number of rotatable bonds is 3. The van der Waals surface area contributed by atoms with E-state index in [1.165, 1.54) is 12.1 Å². The molecule has 2 aromatic carbocycles. The Kier molecular flexibility index (Phi) is 5.05. The second-order valence-electron chi connectivity index (χ2n) is 5.12. The predicted octanol–water partition coefficient (Wildman–Crippen LogP) is 4.56. The van der Waals surface area contributed by atoms with Gasteiger partial charge in [0.05, 0.1) is 5.56 Å². The Morgan fingerprint density at radius 3 is 2.50 bits per heavy atom. The van der Waals surface area contributed by atoms with Gasteiger partial charge in [-0.25, -0.2) is 0 Å². The fourth-order valence-electron chi connectivity index (χ4n) is 2.04. The van der Waals surface area contributed by atoms with Crippen molar-refractivity contribution in [3.63, 3.8) is 0 Å². The van der Waals surface area contributed by atoms with Gasteiger partial charge in [0.15, 0.2) is 0 Å². The summed E-state index contributed by atoms with van der Waals surface area (Å²) in [6.07, 6.45) is -3.36. The fourth-order valence-corrected chi connectivity index (χ4v) is 2.04. The molecule has 0 aliphatic rings. The molecule has 0 bridgehead atoms. The minimum absolute atomic E-state index is 0.126. The van der Waals surface area contributed by atoms with Crippen LogP contribution in [0, 0.1) is 18.3 Å². The number of carbonyl (C=O) groups excluding carboxylic acids is 1. The number of hydrogen-bond acceptors (Lipinski definition) is 2. The Hall–Kier alpha value is -3.07. The lowest BCUT2D eigenvalue weighted by atomic mass is 10.1. The molecule has 2 rings (SSSR count). The van der Waals surface area contributed by atoms with E-state index in [1.54, 1.807) is 24.3 Å². The molecule has 0 saturated carbocycles. The Morgan fingerprint density at radius 1 is 1.17 bits per heavy atom. The molecule has 0 aliphatic carbocycles. The van der Waals surface area contributed by atoms with Gasteiger partial charge in [0.25, 0.3) is 5.91 Å². The second kappa shape index (κ2) is 7.01. The van der Waals surface area contributed by atoms with Crippen LogP contribution in [0.15, 0.2) is 54.1 Å². The lowest BCUT2D eigenvalue weighted by Gasteiger charge is -2.07. The average molecular weight is 330 g/mol. The van der Waals surface area contributed by atoms with Crippen LogP contribution in [0.1, 0.15) is 16.7 Å². The maximum atomic E-state index is 12.7. The van der Waals surface area contributed by atoms with Gasteiger partial charge >= 0.3 is 6.18 Å². The molecule has 0 unspecified atom stereocenters. The van der Waals surface area contributed by atoms with Gasteiger partial charge in [-0.05, 0) is 48.4 Å². The summed E-state index contributed by atoms with van der Waals surface area (Å²) in [5, 5.41) is 11.7. The van der Waals surface area contributed by atoms with E-state index in [1.807, 2.05) is 13.0 Å². The van der Waals surface area contributed by atoms with E-state index in [-0.39, 0.29) is 11.1 Å². The summed E-state index contributed by atoms with van der Waals surface area (Å²) in [6.45, 7) is 1.85. The third-order valence-corrected chi connectivity index (χ3v) is 3.17. The zero-order valence-corrected chi connectivity index (χ0v) is 12.7. The van der Waals surface area contributed by atoms with E-state index in [0.717, 1.165) is 23.8 Å². The van der Waals surface area contributed by atoms with Crippen molar-refractivity contribution in [2.45, 2.75) is 13.1 Å². The summed E-state index contributed by atoms with van der Waals surface area (Å²) in [5.41, 5.74) is 0.433. The van der Waals surface area contributed by atoms with Gasteiger partial charge < -0.3 is 5.32 Å². The largest absolute Gasteiger partial charge is 0.416 e. The highest BCUT2D eigenvalue weighted by Crippen LogP contribution is 2.30. The average Bonchev–Trinajstić information content (AvgIpc) is 2.52. The van der Waals surface area contributed by atoms with E-state index in [2.05, 4.69) is 5.32 Å². The Bertz CT molecular complexity index is 833. The summed E-state index contributed by atoms with van der Waals surface area (Å²) < 4.78 is 38.1. The minimum Gasteiger partial charge on any atom is -0.321 e. The lowest BCUT2D eigenvalue weighted by molar-refractivity contribution is -0.137. The van der Waals surface area contributed by atoms with Crippen LogP contribution in [0.3, 0.4) is 0 Å². The van der Waals surface area contributed by atoms with Gasteiger partial charge in [0, 0.05) is 5.69 Å². The standard InChI is InChI=1S/C18H13F3N2O/c1-12-4-2-7-16(8-12)23-17(24)14(11-22)9-13-5-3-6-15(10-13)18(19,20)21/h2-10H,1H3,(H,23,24)/b14-9-. The molecule has 1 N–H and O–H groups in total. The van der Waals surface area contributed by atoms with Crippen molar-refractivity contribution in [1.82, 2.24) is 0 Å². The Balaban J connectivity index is 2.26. The minimum atomic E-state index is -4.49. The van der Waals surface area contributed by atoms with E-state index in [0.29, 0.717) is 5.69 Å². The van der Waals surface area contributed by atoms with Gasteiger partial charge in [-0.1, -0.05) is 24.3 Å². The van der Waals surface area contributed by atoms with E-state index in [9.17, 15) is 18.0 Å². The van der Waals surface area contributed by atoms with Crippen molar-refractivity contribution < 1.29 is 18.0 Å². The second-order valence-corrected chi connectivity index (χ2v) is 5.12. The van der Waals surface area contributed by atoms with Crippen LogP contribution in [-0.4, -0.2) is 5.91 Å². The van der Waals surface area contributed by atoms with Gasteiger partial charge in [-0.3, -0.25) is 4.79 Å². The molecule has 0 saturated heterocycles. The summed E-state index contributed by atoms with van der Waals surface area (Å²) in [5.74, 6) is -0.680. The van der Waals surface area contributed by atoms with Crippen LogP contribution in [0.2, 0.25) is 0 Å². The zero-order valence-electron chi connectivity index (χ0n) is 12.7. The van der Waals surface area contributed by atoms with Crippen molar-refractivity contribution in [3.05, 3.63) is 70.8 Å². The molecule has 0 fully saturated rings. The lowest BCUT2D eigenvalue weighted by Crippen LogP contribution is -2.13. The Labute approximate surface area is 137 Å². The van der Waals surface area contributed by atoms with Crippen LogP contribution >= 0.6 is 0 Å². The molecule has 0 spiro atoms. The molecule has 6 heteroatoms. The number of benzene rings is 2. The Morgan fingerprint density at radius 2 is 1.88 bits per heavy atom. The van der Waals surface area contributed by atoms with Gasteiger partial charge in [0.1, 0.15) is 11.6 Å². The third kappa shape index (κ3) is 4.46. The first-order valence-electron chi connectivity index (χ1n) is 6.96. The number of carbonyl (C=O) groups is 1. The van der Waals surface area contributed by atoms with Crippen molar-refractivity contribution >= 4 is 17.7 Å². The van der Waals surface area contributed by atoms with E-state index in [4.69, 9.17) is 5.26 Å². The predicted molar refractivity (Wildman–Crippen MR) is 84.8 cm³/mol. The number of nitrogens with zero attached hydrogens (tertiary/aromatic N) is 1. The number of nitrogens with one attached hydrogen (secondary N) is 1. The number of alkyl halides is 3. The SMILES string of the molecule is Cc1cccc(NC(=O)/C(C#N)=C\c2cccc(C(F)(F)F)c2)c1. The van der Waals surface area contributed by atoms with Gasteiger partial charge in [-0.2, -0.15) is 18.4 Å². The number of aryl methyl sites for hydroxylation is 1. The first-order valence-corrected chi connectivity index (χ1v) is 6.96. The van der Waals surface area contributed by atoms with Crippen LogP contribution in [0.4, 0.5) is 18.9 Å². The van der Waals surface area contributed by atoms with Crippen LogP contribution in [0.25, 0.3) is 6.08 Å². The molecular formula is C18H13F3N2O. The summed E-state index contributed by atoms with van der Waals surface area (Å²) in [7, 11) is 0. The topological polar surface area (TPSA) is 52.9 Å². The molecule has 0 aromatic heterocycles. The summed E-state index contributed by atoms with van der Waals surface area (Å²) in [4.78, 5) is 12.1. The highest BCUT2D eigenvalue weighted by Gasteiger charge is 2.30. The van der Waals surface area contributed by atoms with Crippen molar-refractivity contribution in [2.24, 2.45) is 0 Å². The highest BCUT2D eigenvalue weighted by molar-refractivity contribution is 6.09. The molecule has 1 amide bonds. The third-order valence-electron chi connectivity index (χ3n) is 3.17. The van der Waals surface area contributed by atoms with Crippen LogP contribution in [0.5, 0.6) is 0 Å². The first kappa shape index (κ1) is 17.3. The molecule has 0 radical (unpaired) electrons. The van der Waals surface area contributed by atoms with Gasteiger partial charge in [0.2, 0.25) is 0 Å². The van der Waals surface area contributed by atoms with Crippen molar-refractivity contribution in [2.75, 3.05) is 5.32 Å². The monoisotopic (exact) mass is 330 g/mol. The molecule has 0 heterocycles. The number of amides is 1. The van der Waals surface area contributed by atoms with Crippen LogP contribution in [-0.2, 0) is 11.0 Å². The quantitative estimate of drug-likeness (QED) is 0.662. The first-order chi connectivity index (χ1) is 11.3. The summed E-state index contributed by atoms with van der Waals surface area (Å²) >= 11 is 0. The number of halogens is 3. The number of hydrogen-bond donors (Lipinski definition) is 1. The van der Waals surface area contributed by atoms with Crippen molar-refractivity contribution in [3.8, 4) is 6.07 Å². The van der Waals surface area contributed by atoms with Gasteiger partial charge in [-0.15, -0.1) is 0 Å². The molecule has 122 valence electrons. The molecule has 2 aromatic rings. The normalized spacial score (nSPS) is 11.7. The maximum absolute atomic E-state index is 12.7. The van der Waals surface area contributed by atoms with E-state index >= 15 is 0 Å². The zero-order chi connectivity index (χ0) is 17.7. The molecule has 0 atom stereocenters. The molecular weight excluding hydrogens is 317 g/mol. The molecule has 0 aliphatic heterocycles. The fraction of sp³-hybridized carbons (Fsp3) is 0.111. The van der Waals surface area contributed by atoms with Crippen LogP contribution < -0.4 is 5.32 Å². The van der Waals surface area contributed by atoms with Crippen molar-refractivity contribution in [1.29, 1.82) is 5.26 Å². The molecule has 24 heavy (non-hydrogen) atoms. The smallest absolute Gasteiger partial charge is 0.321 e. The summed E-state index contributed by atoms with van der Waals surface area (Å²) in [6, 6.07) is 13.1.